The van der Waals surface area contributed by atoms with Crippen LogP contribution in [0, 0.1) is 0 Å². The predicted octanol–water partition coefficient (Wildman–Crippen LogP) is 4.72. The van der Waals surface area contributed by atoms with E-state index in [9.17, 15) is 9.59 Å². The van der Waals surface area contributed by atoms with Gasteiger partial charge in [-0.15, -0.1) is 0 Å². The van der Waals surface area contributed by atoms with Gasteiger partial charge in [0.15, 0.2) is 6.61 Å². The topological polar surface area (TPSA) is 58.6 Å². The minimum Gasteiger partial charge on any atom is -0.484 e. The number of amides is 2. The largest absolute Gasteiger partial charge is 0.484 e. The molecule has 2 unspecified atom stereocenters. The molecule has 0 aliphatic carbocycles. The highest BCUT2D eigenvalue weighted by Crippen LogP contribution is 2.17. The number of carbonyl (C=O) groups excluding carboxylic acids is 2. The van der Waals surface area contributed by atoms with Gasteiger partial charge in [-0.2, -0.15) is 0 Å². The summed E-state index contributed by atoms with van der Waals surface area (Å²) in [7, 11) is 0. The number of hydrogen-bond acceptors (Lipinski definition) is 3. The Morgan fingerprint density at radius 3 is 2.37 bits per heavy atom. The third-order valence-electron chi connectivity index (χ3n) is 5.10. The van der Waals surface area contributed by atoms with Crippen molar-refractivity contribution in [2.45, 2.75) is 59.2 Å². The molecule has 0 heterocycles. The van der Waals surface area contributed by atoms with E-state index >= 15 is 0 Å². The van der Waals surface area contributed by atoms with E-state index in [2.05, 4.69) is 28.2 Å². The van der Waals surface area contributed by atoms with E-state index in [-0.39, 0.29) is 24.5 Å². The summed E-state index contributed by atoms with van der Waals surface area (Å²) in [6.07, 6.45) is 1.78. The van der Waals surface area contributed by atoms with Crippen LogP contribution < -0.4 is 10.1 Å². The lowest BCUT2D eigenvalue weighted by Gasteiger charge is -2.29. The van der Waals surface area contributed by atoms with E-state index in [1.54, 1.807) is 11.8 Å². The summed E-state index contributed by atoms with van der Waals surface area (Å²) in [6.45, 7) is 8.01. The normalized spacial score (nSPS) is 12.7. The summed E-state index contributed by atoms with van der Waals surface area (Å²) in [5.74, 6) is 0.237. The molecule has 0 spiro atoms. The summed E-state index contributed by atoms with van der Waals surface area (Å²) in [4.78, 5) is 27.3. The van der Waals surface area contributed by atoms with Gasteiger partial charge in [0, 0.05) is 17.1 Å². The molecule has 0 saturated heterocycles. The zero-order chi connectivity index (χ0) is 22.1. The molecular weight excluding hydrogens is 444 g/mol. The van der Waals surface area contributed by atoms with Gasteiger partial charge in [0.2, 0.25) is 5.91 Å². The highest BCUT2D eigenvalue weighted by atomic mass is 79.9. The van der Waals surface area contributed by atoms with Crippen LogP contribution in [0.2, 0.25) is 0 Å². The van der Waals surface area contributed by atoms with Crippen molar-refractivity contribution in [2.75, 3.05) is 6.61 Å². The lowest BCUT2D eigenvalue weighted by Crippen LogP contribution is -2.50. The first-order chi connectivity index (χ1) is 14.3. The van der Waals surface area contributed by atoms with Crippen molar-refractivity contribution in [2.24, 2.45) is 0 Å². The number of ether oxygens (including phenoxy) is 1. The van der Waals surface area contributed by atoms with Crippen LogP contribution >= 0.6 is 15.9 Å². The SMILES string of the molecule is CCc1ccc(OCC(=O)N(Cc2cccc(Br)c2)C(C)C(=O)NC(C)CC)cc1. The highest BCUT2D eigenvalue weighted by Gasteiger charge is 2.27. The minimum atomic E-state index is -0.614. The maximum atomic E-state index is 13.0. The second kappa shape index (κ2) is 11.7. The molecule has 0 fully saturated rings. The average Bonchev–Trinajstić information content (AvgIpc) is 2.75. The van der Waals surface area contributed by atoms with Gasteiger partial charge >= 0.3 is 0 Å². The number of halogens is 1. The Kier molecular flexibility index (Phi) is 9.37. The lowest BCUT2D eigenvalue weighted by molar-refractivity contribution is -0.142. The molecule has 0 aliphatic heterocycles. The molecule has 0 aromatic heterocycles. The molecule has 1 N–H and O–H groups in total. The van der Waals surface area contributed by atoms with Gasteiger partial charge in [-0.25, -0.2) is 0 Å². The molecule has 2 aromatic rings. The van der Waals surface area contributed by atoms with Crippen molar-refractivity contribution < 1.29 is 14.3 Å². The molecule has 0 saturated carbocycles. The molecule has 30 heavy (non-hydrogen) atoms. The number of aryl methyl sites for hydroxylation is 1. The predicted molar refractivity (Wildman–Crippen MR) is 123 cm³/mol. The molecule has 0 bridgehead atoms. The molecule has 5 nitrogen and oxygen atoms in total. The van der Waals surface area contributed by atoms with Crippen molar-refractivity contribution >= 4 is 27.7 Å². The molecule has 2 amide bonds. The molecule has 0 radical (unpaired) electrons. The summed E-state index contributed by atoms with van der Waals surface area (Å²) in [5, 5.41) is 2.97. The van der Waals surface area contributed by atoms with Crippen molar-refractivity contribution in [3.63, 3.8) is 0 Å². The fraction of sp³-hybridized carbons (Fsp3) is 0.417. The van der Waals surface area contributed by atoms with Gasteiger partial charge in [0.05, 0.1) is 0 Å². The number of nitrogens with one attached hydrogen (secondary N) is 1. The van der Waals surface area contributed by atoms with Crippen LogP contribution in [0.3, 0.4) is 0 Å². The van der Waals surface area contributed by atoms with Gasteiger partial charge in [-0.3, -0.25) is 9.59 Å². The second-order valence-corrected chi connectivity index (χ2v) is 8.35. The molecule has 6 heteroatoms. The van der Waals surface area contributed by atoms with Gasteiger partial charge < -0.3 is 15.0 Å². The first kappa shape index (κ1) is 23.9. The fourth-order valence-electron chi connectivity index (χ4n) is 2.93. The smallest absolute Gasteiger partial charge is 0.261 e. The quantitative estimate of drug-likeness (QED) is 0.541. The summed E-state index contributed by atoms with van der Waals surface area (Å²) >= 11 is 3.46. The van der Waals surface area contributed by atoms with Crippen LogP contribution in [0.4, 0.5) is 0 Å². The van der Waals surface area contributed by atoms with Gasteiger partial charge in [-0.05, 0) is 62.1 Å². The van der Waals surface area contributed by atoms with E-state index in [0.29, 0.717) is 12.3 Å². The number of hydrogen-bond donors (Lipinski definition) is 1. The Hall–Kier alpha value is -2.34. The van der Waals surface area contributed by atoms with E-state index in [1.807, 2.05) is 62.4 Å². The van der Waals surface area contributed by atoms with Crippen LogP contribution in [-0.4, -0.2) is 35.4 Å². The third kappa shape index (κ3) is 7.17. The second-order valence-electron chi connectivity index (χ2n) is 7.43. The molecule has 2 atom stereocenters. The molecular formula is C24H31BrN2O3. The van der Waals surface area contributed by atoms with Gasteiger partial charge in [0.25, 0.3) is 5.91 Å². The average molecular weight is 475 g/mol. The molecule has 0 aliphatic rings. The zero-order valence-corrected chi connectivity index (χ0v) is 19.7. The van der Waals surface area contributed by atoms with Crippen molar-refractivity contribution in [1.29, 1.82) is 0 Å². The third-order valence-corrected chi connectivity index (χ3v) is 5.60. The zero-order valence-electron chi connectivity index (χ0n) is 18.2. The van der Waals surface area contributed by atoms with E-state index in [1.165, 1.54) is 5.56 Å². The fourth-order valence-corrected chi connectivity index (χ4v) is 3.38. The summed E-state index contributed by atoms with van der Waals surface area (Å²) in [5.41, 5.74) is 2.15. The summed E-state index contributed by atoms with van der Waals surface area (Å²) < 4.78 is 6.64. The number of nitrogens with zero attached hydrogens (tertiary/aromatic N) is 1. The molecule has 2 aromatic carbocycles. The number of carbonyl (C=O) groups is 2. The van der Waals surface area contributed by atoms with Crippen LogP contribution in [0.15, 0.2) is 53.0 Å². The maximum Gasteiger partial charge on any atom is 0.261 e. The Balaban J connectivity index is 2.13. The maximum absolute atomic E-state index is 13.0. The summed E-state index contributed by atoms with van der Waals surface area (Å²) in [6, 6.07) is 14.9. The first-order valence-corrected chi connectivity index (χ1v) is 11.2. The van der Waals surface area contributed by atoms with Crippen molar-refractivity contribution in [3.05, 3.63) is 64.1 Å². The van der Waals surface area contributed by atoms with Crippen LogP contribution in [0.5, 0.6) is 5.75 Å². The van der Waals surface area contributed by atoms with Crippen molar-refractivity contribution in [3.8, 4) is 5.75 Å². The Morgan fingerprint density at radius 2 is 1.77 bits per heavy atom. The highest BCUT2D eigenvalue weighted by molar-refractivity contribution is 9.10. The van der Waals surface area contributed by atoms with Crippen LogP contribution in [0.1, 0.15) is 45.2 Å². The monoisotopic (exact) mass is 474 g/mol. The molecule has 162 valence electrons. The Bertz CT molecular complexity index is 839. The first-order valence-electron chi connectivity index (χ1n) is 10.4. The Labute approximate surface area is 187 Å². The van der Waals surface area contributed by atoms with Gasteiger partial charge in [-0.1, -0.05) is 54.0 Å². The molecule has 2 rings (SSSR count). The van der Waals surface area contributed by atoms with E-state index < -0.39 is 6.04 Å². The Morgan fingerprint density at radius 1 is 1.07 bits per heavy atom. The van der Waals surface area contributed by atoms with Gasteiger partial charge in [0.1, 0.15) is 11.8 Å². The number of rotatable bonds is 10. The number of benzene rings is 2. The lowest BCUT2D eigenvalue weighted by atomic mass is 10.1. The standard InChI is InChI=1S/C24H31BrN2O3/c1-5-17(3)26-24(29)18(4)27(15-20-8-7-9-21(25)14-20)23(28)16-30-22-12-10-19(6-2)11-13-22/h7-14,17-18H,5-6,15-16H2,1-4H3,(H,26,29). The van der Waals surface area contributed by atoms with Crippen LogP contribution in [-0.2, 0) is 22.6 Å². The van der Waals surface area contributed by atoms with Crippen molar-refractivity contribution in [1.82, 2.24) is 10.2 Å². The van der Waals surface area contributed by atoms with E-state index in [4.69, 9.17) is 4.74 Å². The minimum absolute atomic E-state index is 0.0519. The van der Waals surface area contributed by atoms with Crippen LogP contribution in [0.25, 0.3) is 0 Å². The van der Waals surface area contributed by atoms with E-state index in [0.717, 1.165) is 22.9 Å².